The van der Waals surface area contributed by atoms with Crippen molar-refractivity contribution in [2.75, 3.05) is 5.73 Å². The molecule has 0 aliphatic carbocycles. The van der Waals surface area contributed by atoms with Gasteiger partial charge in [0.25, 0.3) is 0 Å². The lowest BCUT2D eigenvalue weighted by Gasteiger charge is -2.26. The zero-order valence-electron chi connectivity index (χ0n) is 16.3. The topological polar surface area (TPSA) is 35.2 Å². The van der Waals surface area contributed by atoms with Crippen molar-refractivity contribution in [3.63, 3.8) is 0 Å². The first kappa shape index (κ1) is 18.9. The van der Waals surface area contributed by atoms with E-state index in [0.717, 1.165) is 28.9 Å². The molecule has 1 unspecified atom stereocenters. The molecule has 0 aromatic heterocycles. The van der Waals surface area contributed by atoms with Crippen molar-refractivity contribution in [1.82, 2.24) is 0 Å². The van der Waals surface area contributed by atoms with Crippen molar-refractivity contribution in [2.24, 2.45) is 0 Å². The Bertz CT molecular complexity index is 1020. The van der Waals surface area contributed by atoms with Crippen LogP contribution >= 0.6 is 0 Å². The van der Waals surface area contributed by atoms with Crippen LogP contribution in [0.15, 0.2) is 115 Å². The first-order chi connectivity index (χ1) is 14.3. The number of para-hydroxylation sites is 2. The summed E-state index contributed by atoms with van der Waals surface area (Å²) in [5.74, 6) is 0.979. The van der Waals surface area contributed by atoms with Gasteiger partial charge in [-0.05, 0) is 41.2 Å². The highest BCUT2D eigenvalue weighted by atomic mass is 16.4. The SMILES string of the molecule is Nc1ccccc1CC(B(Oc1ccccc1)c1ccccc1)c1ccccc1. The zero-order chi connectivity index (χ0) is 19.9. The summed E-state index contributed by atoms with van der Waals surface area (Å²) in [5, 5.41) is 0. The van der Waals surface area contributed by atoms with Crippen LogP contribution < -0.4 is 15.9 Å². The summed E-state index contributed by atoms with van der Waals surface area (Å²) in [6.07, 6.45) is 0.795. The fourth-order valence-corrected chi connectivity index (χ4v) is 3.73. The Labute approximate surface area is 173 Å². The number of anilines is 1. The van der Waals surface area contributed by atoms with Crippen molar-refractivity contribution in [3.05, 3.63) is 126 Å². The number of nitrogens with two attached hydrogens (primary N) is 1. The zero-order valence-corrected chi connectivity index (χ0v) is 16.3. The molecule has 0 radical (unpaired) electrons. The van der Waals surface area contributed by atoms with Gasteiger partial charge in [-0.25, -0.2) is 0 Å². The molecule has 0 aliphatic rings. The highest BCUT2D eigenvalue weighted by Gasteiger charge is 2.33. The molecule has 0 aliphatic heterocycles. The average Bonchev–Trinajstić information content (AvgIpc) is 2.79. The molecule has 0 amide bonds. The van der Waals surface area contributed by atoms with E-state index < -0.39 is 0 Å². The van der Waals surface area contributed by atoms with Gasteiger partial charge in [0.1, 0.15) is 0 Å². The van der Waals surface area contributed by atoms with E-state index in [1.807, 2.05) is 60.7 Å². The molecule has 0 bridgehead atoms. The third-order valence-corrected chi connectivity index (χ3v) is 5.22. The second kappa shape index (κ2) is 9.16. The molecular weight excluding hydrogens is 353 g/mol. The van der Waals surface area contributed by atoms with E-state index in [0.29, 0.717) is 0 Å². The van der Waals surface area contributed by atoms with Crippen molar-refractivity contribution in [2.45, 2.75) is 12.2 Å². The quantitative estimate of drug-likeness (QED) is 0.359. The normalized spacial score (nSPS) is 11.6. The molecule has 4 aromatic rings. The molecule has 29 heavy (non-hydrogen) atoms. The van der Waals surface area contributed by atoms with Crippen LogP contribution in [-0.4, -0.2) is 6.92 Å². The third kappa shape index (κ3) is 4.70. The van der Waals surface area contributed by atoms with Crippen LogP contribution in [0.4, 0.5) is 5.69 Å². The smallest absolute Gasteiger partial charge is 0.399 e. The Morgan fingerprint density at radius 1 is 0.655 bits per heavy atom. The summed E-state index contributed by atoms with van der Waals surface area (Å²) in [6, 6.07) is 39.1. The Balaban J connectivity index is 1.78. The molecule has 1 atom stereocenters. The van der Waals surface area contributed by atoms with E-state index in [1.54, 1.807) is 0 Å². The van der Waals surface area contributed by atoms with E-state index >= 15 is 0 Å². The predicted molar refractivity (Wildman–Crippen MR) is 123 cm³/mol. The van der Waals surface area contributed by atoms with E-state index in [1.165, 1.54) is 5.56 Å². The van der Waals surface area contributed by atoms with Gasteiger partial charge in [-0.2, -0.15) is 0 Å². The van der Waals surface area contributed by atoms with Gasteiger partial charge in [-0.3, -0.25) is 0 Å². The number of hydrogen-bond donors (Lipinski definition) is 1. The number of rotatable bonds is 7. The molecule has 0 spiro atoms. The van der Waals surface area contributed by atoms with E-state index in [-0.39, 0.29) is 12.7 Å². The van der Waals surface area contributed by atoms with Gasteiger partial charge < -0.3 is 10.4 Å². The van der Waals surface area contributed by atoms with Crippen LogP contribution in [0.3, 0.4) is 0 Å². The van der Waals surface area contributed by atoms with Gasteiger partial charge in [0, 0.05) is 11.5 Å². The molecule has 4 aromatic carbocycles. The highest BCUT2D eigenvalue weighted by Crippen LogP contribution is 2.28. The number of nitrogen functional groups attached to an aromatic ring is 1. The second-order valence-electron chi connectivity index (χ2n) is 7.18. The highest BCUT2D eigenvalue weighted by molar-refractivity contribution is 6.69. The molecule has 4 rings (SSSR count). The summed E-state index contributed by atoms with van der Waals surface area (Å²) >= 11 is 0. The Morgan fingerprint density at radius 2 is 1.21 bits per heavy atom. The Kier molecular flexibility index (Phi) is 5.96. The monoisotopic (exact) mass is 377 g/mol. The largest absolute Gasteiger partial charge is 0.555 e. The lowest BCUT2D eigenvalue weighted by atomic mass is 9.47. The molecule has 0 saturated heterocycles. The maximum atomic E-state index is 6.59. The summed E-state index contributed by atoms with van der Waals surface area (Å²) in [7, 11) is 0. The molecule has 3 heteroatoms. The molecule has 142 valence electrons. The average molecular weight is 377 g/mol. The number of hydrogen-bond acceptors (Lipinski definition) is 2. The van der Waals surface area contributed by atoms with Gasteiger partial charge >= 0.3 is 6.92 Å². The predicted octanol–water partition coefficient (Wildman–Crippen LogP) is 5.11. The number of benzene rings is 4. The summed E-state index contributed by atoms with van der Waals surface area (Å²) < 4.78 is 6.59. The van der Waals surface area contributed by atoms with Crippen LogP contribution in [0.1, 0.15) is 16.9 Å². The van der Waals surface area contributed by atoms with Crippen molar-refractivity contribution in [1.29, 1.82) is 0 Å². The molecule has 0 saturated carbocycles. The van der Waals surface area contributed by atoms with E-state index in [4.69, 9.17) is 10.4 Å². The van der Waals surface area contributed by atoms with Crippen LogP contribution in [0, 0.1) is 0 Å². The van der Waals surface area contributed by atoms with Crippen molar-refractivity contribution >= 4 is 18.1 Å². The van der Waals surface area contributed by atoms with Crippen molar-refractivity contribution < 1.29 is 4.65 Å². The summed E-state index contributed by atoms with van der Waals surface area (Å²) in [4.78, 5) is 0. The van der Waals surface area contributed by atoms with Crippen molar-refractivity contribution in [3.8, 4) is 5.75 Å². The summed E-state index contributed by atoms with van der Waals surface area (Å²) in [6.45, 7) is -0.138. The molecule has 2 nitrogen and oxygen atoms in total. The minimum Gasteiger partial charge on any atom is -0.555 e. The minimum absolute atomic E-state index is 0.114. The lowest BCUT2D eigenvalue weighted by Crippen LogP contribution is -2.43. The van der Waals surface area contributed by atoms with Crippen LogP contribution in [0.2, 0.25) is 0 Å². The van der Waals surface area contributed by atoms with Crippen LogP contribution in [0.5, 0.6) is 5.75 Å². The first-order valence-electron chi connectivity index (χ1n) is 9.96. The summed E-state index contributed by atoms with van der Waals surface area (Å²) in [5.41, 5.74) is 10.6. The molecular formula is C26H24BNO. The first-order valence-corrected chi connectivity index (χ1v) is 9.96. The fourth-order valence-electron chi connectivity index (χ4n) is 3.73. The molecule has 0 fully saturated rings. The van der Waals surface area contributed by atoms with E-state index in [9.17, 15) is 0 Å². The van der Waals surface area contributed by atoms with Gasteiger partial charge in [0.15, 0.2) is 0 Å². The van der Waals surface area contributed by atoms with Gasteiger partial charge in [-0.15, -0.1) is 0 Å². The van der Waals surface area contributed by atoms with Gasteiger partial charge in [0.2, 0.25) is 0 Å². The third-order valence-electron chi connectivity index (χ3n) is 5.22. The Morgan fingerprint density at radius 3 is 1.86 bits per heavy atom. The maximum absolute atomic E-state index is 6.59. The van der Waals surface area contributed by atoms with Crippen LogP contribution in [0.25, 0.3) is 0 Å². The van der Waals surface area contributed by atoms with Gasteiger partial charge in [-0.1, -0.05) is 97.1 Å². The standard InChI is InChI=1S/C26H24BNO/c28-26-19-11-10-14-22(26)20-25(21-12-4-1-5-13-21)27(23-15-6-2-7-16-23)29-24-17-8-3-9-18-24/h1-19,25H,20,28H2. The minimum atomic E-state index is -0.138. The van der Waals surface area contributed by atoms with Crippen LogP contribution in [-0.2, 0) is 6.42 Å². The lowest BCUT2D eigenvalue weighted by molar-refractivity contribution is 0.558. The Hall–Kier alpha value is -3.46. The molecule has 0 heterocycles. The maximum Gasteiger partial charge on any atom is 0.399 e. The second-order valence-corrected chi connectivity index (χ2v) is 7.18. The van der Waals surface area contributed by atoms with E-state index in [2.05, 4.69) is 54.6 Å². The van der Waals surface area contributed by atoms with Gasteiger partial charge in [0.05, 0.1) is 5.75 Å². The fraction of sp³-hybridized carbons (Fsp3) is 0.0769. The molecule has 2 N–H and O–H groups in total.